The third kappa shape index (κ3) is 4.61. The average molecular weight is 213 g/mol. The van der Waals surface area contributed by atoms with Crippen molar-refractivity contribution < 1.29 is 0 Å². The number of halogens is 1. The van der Waals surface area contributed by atoms with E-state index in [2.05, 4.69) is 11.4 Å². The summed E-state index contributed by atoms with van der Waals surface area (Å²) in [5.74, 6) is 0. The molecule has 0 aromatic heterocycles. The molecule has 0 atom stereocenters. The van der Waals surface area contributed by atoms with Gasteiger partial charge in [-0.2, -0.15) is 0 Å². The average Bonchev–Trinajstić information content (AvgIpc) is 2.18. The molecule has 0 saturated carbocycles. The summed E-state index contributed by atoms with van der Waals surface area (Å²) in [6.07, 6.45) is 2.06. The van der Waals surface area contributed by atoms with Gasteiger partial charge in [0.05, 0.1) is 0 Å². The maximum atomic E-state index is 5.87. The van der Waals surface area contributed by atoms with Gasteiger partial charge in [0.15, 0.2) is 0 Å². The van der Waals surface area contributed by atoms with E-state index in [1.807, 2.05) is 18.2 Å². The first-order valence-electron chi connectivity index (χ1n) is 4.98. The van der Waals surface area contributed by atoms with E-state index >= 15 is 0 Å². The van der Waals surface area contributed by atoms with E-state index in [0.29, 0.717) is 0 Å². The topological polar surface area (TPSA) is 38.0 Å². The van der Waals surface area contributed by atoms with Gasteiger partial charge in [-0.25, -0.2) is 0 Å². The summed E-state index contributed by atoms with van der Waals surface area (Å²) in [6, 6.07) is 7.98. The molecule has 0 heterocycles. The Balaban J connectivity index is 2.18. The van der Waals surface area contributed by atoms with E-state index in [1.165, 1.54) is 5.56 Å². The molecule has 0 aliphatic rings. The summed E-state index contributed by atoms with van der Waals surface area (Å²) < 4.78 is 0. The Kier molecular flexibility index (Phi) is 5.60. The van der Waals surface area contributed by atoms with Crippen molar-refractivity contribution >= 4 is 11.6 Å². The highest BCUT2D eigenvalue weighted by atomic mass is 35.5. The number of rotatable bonds is 6. The largest absolute Gasteiger partial charge is 0.330 e. The first-order chi connectivity index (χ1) is 6.83. The van der Waals surface area contributed by atoms with E-state index in [4.69, 9.17) is 17.3 Å². The van der Waals surface area contributed by atoms with Crippen molar-refractivity contribution in [3.05, 3.63) is 34.9 Å². The van der Waals surface area contributed by atoms with Crippen LogP contribution in [0.5, 0.6) is 0 Å². The maximum absolute atomic E-state index is 5.87. The van der Waals surface area contributed by atoms with Crippen molar-refractivity contribution in [3.8, 4) is 0 Å². The van der Waals surface area contributed by atoms with Crippen molar-refractivity contribution in [1.29, 1.82) is 0 Å². The van der Waals surface area contributed by atoms with Crippen LogP contribution in [0.25, 0.3) is 0 Å². The van der Waals surface area contributed by atoms with Crippen LogP contribution in [0.1, 0.15) is 12.0 Å². The molecule has 2 nitrogen and oxygen atoms in total. The summed E-state index contributed by atoms with van der Waals surface area (Å²) in [5.41, 5.74) is 6.66. The Morgan fingerprint density at radius 1 is 1.29 bits per heavy atom. The van der Waals surface area contributed by atoms with Crippen LogP contribution in [-0.4, -0.2) is 19.6 Å². The highest BCUT2D eigenvalue weighted by molar-refractivity contribution is 6.30. The highest BCUT2D eigenvalue weighted by Gasteiger charge is 1.93. The predicted octanol–water partition coefficient (Wildman–Crippen LogP) is 1.82. The molecule has 0 saturated heterocycles. The fourth-order valence-electron chi connectivity index (χ4n) is 1.28. The third-order valence-electron chi connectivity index (χ3n) is 2.04. The van der Waals surface area contributed by atoms with Gasteiger partial charge in [-0.05, 0) is 50.2 Å². The van der Waals surface area contributed by atoms with Crippen LogP contribution >= 0.6 is 11.6 Å². The predicted molar refractivity (Wildman–Crippen MR) is 61.7 cm³/mol. The van der Waals surface area contributed by atoms with Gasteiger partial charge in [-0.15, -0.1) is 0 Å². The van der Waals surface area contributed by atoms with E-state index in [-0.39, 0.29) is 0 Å². The molecule has 0 unspecified atom stereocenters. The first-order valence-corrected chi connectivity index (χ1v) is 5.36. The molecule has 0 bridgehead atoms. The van der Waals surface area contributed by atoms with Crippen molar-refractivity contribution in [2.24, 2.45) is 5.73 Å². The summed E-state index contributed by atoms with van der Waals surface area (Å²) >= 11 is 5.87. The molecule has 0 spiro atoms. The van der Waals surface area contributed by atoms with Gasteiger partial charge >= 0.3 is 0 Å². The zero-order valence-electron chi connectivity index (χ0n) is 8.30. The lowest BCUT2D eigenvalue weighted by molar-refractivity contribution is 0.653. The fourth-order valence-corrected chi connectivity index (χ4v) is 1.49. The minimum absolute atomic E-state index is 0.754. The third-order valence-corrected chi connectivity index (χ3v) is 2.27. The maximum Gasteiger partial charge on any atom is 0.0408 e. The second-order valence-corrected chi connectivity index (χ2v) is 3.71. The van der Waals surface area contributed by atoms with Crippen molar-refractivity contribution in [2.75, 3.05) is 19.6 Å². The Morgan fingerprint density at radius 3 is 2.86 bits per heavy atom. The zero-order valence-corrected chi connectivity index (χ0v) is 9.06. The molecule has 0 aliphatic heterocycles. The van der Waals surface area contributed by atoms with Gasteiger partial charge in [-0.3, -0.25) is 0 Å². The summed E-state index contributed by atoms with van der Waals surface area (Å²) in [4.78, 5) is 0. The Bertz CT molecular complexity index is 263. The SMILES string of the molecule is NCCCNCCc1cccc(Cl)c1. The number of nitrogens with one attached hydrogen (secondary N) is 1. The second-order valence-electron chi connectivity index (χ2n) is 3.27. The molecule has 1 aromatic carbocycles. The molecule has 3 heteroatoms. The second kappa shape index (κ2) is 6.82. The van der Waals surface area contributed by atoms with Gasteiger partial charge < -0.3 is 11.1 Å². The lowest BCUT2D eigenvalue weighted by Gasteiger charge is -2.04. The Morgan fingerprint density at radius 2 is 2.14 bits per heavy atom. The number of hydrogen-bond acceptors (Lipinski definition) is 2. The number of nitrogens with two attached hydrogens (primary N) is 1. The molecule has 0 fully saturated rings. The molecule has 3 N–H and O–H groups in total. The standard InChI is InChI=1S/C11H17ClN2/c12-11-4-1-3-10(9-11)5-8-14-7-2-6-13/h1,3-4,9,14H,2,5-8,13H2. The smallest absolute Gasteiger partial charge is 0.0408 e. The van der Waals surface area contributed by atoms with E-state index in [0.717, 1.165) is 37.5 Å². The van der Waals surface area contributed by atoms with Crippen LogP contribution in [-0.2, 0) is 6.42 Å². The minimum Gasteiger partial charge on any atom is -0.330 e. The van der Waals surface area contributed by atoms with Crippen molar-refractivity contribution in [1.82, 2.24) is 5.32 Å². The normalized spacial score (nSPS) is 10.4. The van der Waals surface area contributed by atoms with Crippen LogP contribution in [0.3, 0.4) is 0 Å². The zero-order chi connectivity index (χ0) is 10.2. The first kappa shape index (κ1) is 11.5. The van der Waals surface area contributed by atoms with E-state index in [1.54, 1.807) is 0 Å². The molecule has 0 radical (unpaired) electrons. The van der Waals surface area contributed by atoms with Crippen LogP contribution in [0.2, 0.25) is 5.02 Å². The summed E-state index contributed by atoms with van der Waals surface area (Å²) in [6.45, 7) is 2.74. The molecule has 0 aliphatic carbocycles. The minimum atomic E-state index is 0.754. The van der Waals surface area contributed by atoms with Crippen LogP contribution in [0.15, 0.2) is 24.3 Å². The molecule has 1 rings (SSSR count). The Labute approximate surface area is 90.4 Å². The van der Waals surface area contributed by atoms with E-state index < -0.39 is 0 Å². The van der Waals surface area contributed by atoms with Crippen LogP contribution < -0.4 is 11.1 Å². The van der Waals surface area contributed by atoms with E-state index in [9.17, 15) is 0 Å². The molecule has 1 aromatic rings. The Hall–Kier alpha value is -0.570. The van der Waals surface area contributed by atoms with Crippen LogP contribution in [0.4, 0.5) is 0 Å². The molecule has 0 amide bonds. The lowest BCUT2D eigenvalue weighted by Crippen LogP contribution is -2.20. The van der Waals surface area contributed by atoms with Gasteiger partial charge in [0.2, 0.25) is 0 Å². The van der Waals surface area contributed by atoms with Gasteiger partial charge in [0.25, 0.3) is 0 Å². The quantitative estimate of drug-likeness (QED) is 0.707. The monoisotopic (exact) mass is 212 g/mol. The van der Waals surface area contributed by atoms with Gasteiger partial charge in [0, 0.05) is 5.02 Å². The van der Waals surface area contributed by atoms with Crippen molar-refractivity contribution in [3.63, 3.8) is 0 Å². The number of benzene rings is 1. The summed E-state index contributed by atoms with van der Waals surface area (Å²) in [5, 5.41) is 4.14. The fraction of sp³-hybridized carbons (Fsp3) is 0.455. The molecular weight excluding hydrogens is 196 g/mol. The molecule has 14 heavy (non-hydrogen) atoms. The molecular formula is C11H17ClN2. The highest BCUT2D eigenvalue weighted by Crippen LogP contribution is 2.10. The number of hydrogen-bond donors (Lipinski definition) is 2. The lowest BCUT2D eigenvalue weighted by atomic mass is 10.1. The summed E-state index contributed by atoms with van der Waals surface area (Å²) in [7, 11) is 0. The van der Waals surface area contributed by atoms with Crippen LogP contribution in [0, 0.1) is 0 Å². The molecule has 78 valence electrons. The van der Waals surface area contributed by atoms with Gasteiger partial charge in [-0.1, -0.05) is 23.7 Å². The van der Waals surface area contributed by atoms with Crippen molar-refractivity contribution in [2.45, 2.75) is 12.8 Å². The van der Waals surface area contributed by atoms with Gasteiger partial charge in [0.1, 0.15) is 0 Å².